The van der Waals surface area contributed by atoms with Crippen LogP contribution in [0.1, 0.15) is 11.5 Å². The average molecular weight is 449 g/mol. The van der Waals surface area contributed by atoms with Gasteiger partial charge in [-0.1, -0.05) is 0 Å². The number of fused-ring (bicyclic) bond motifs is 1. The molecule has 5 aromatic rings. The van der Waals surface area contributed by atoms with E-state index in [1.54, 1.807) is 11.3 Å². The zero-order chi connectivity index (χ0) is 20.6. The van der Waals surface area contributed by atoms with Crippen LogP contribution >= 0.6 is 28.5 Å². The van der Waals surface area contributed by atoms with Crippen LogP contribution < -0.4 is 15.9 Å². The molecule has 30 heavy (non-hydrogen) atoms. The van der Waals surface area contributed by atoms with Gasteiger partial charge in [-0.2, -0.15) is 0 Å². The van der Waals surface area contributed by atoms with Crippen molar-refractivity contribution in [2.24, 2.45) is 0 Å². The number of imidazole rings is 1. The Bertz CT molecular complexity index is 1200. The van der Waals surface area contributed by atoms with Gasteiger partial charge in [-0.3, -0.25) is 0 Å². The van der Waals surface area contributed by atoms with Crippen LogP contribution in [0, 0.1) is 6.92 Å². The van der Waals surface area contributed by atoms with Gasteiger partial charge in [-0.05, 0) is 0 Å². The van der Waals surface area contributed by atoms with E-state index < -0.39 is 5.96 Å². The Morgan fingerprint density at radius 1 is 0.800 bits per heavy atom. The number of nitrogens with zero attached hydrogens (tertiary/aromatic N) is 2. The molecule has 150 valence electrons. The quantitative estimate of drug-likeness (QED) is 0.306. The molecule has 2 aromatic heterocycles. The summed E-state index contributed by atoms with van der Waals surface area (Å²) in [4.78, 5) is 5.68. The van der Waals surface area contributed by atoms with Gasteiger partial charge < -0.3 is 0 Å². The fourth-order valence-corrected chi connectivity index (χ4v) is 11.5. The van der Waals surface area contributed by atoms with E-state index in [0.717, 1.165) is 16.8 Å². The van der Waals surface area contributed by atoms with Crippen molar-refractivity contribution in [3.63, 3.8) is 0 Å². The van der Waals surface area contributed by atoms with Crippen LogP contribution in [0.4, 0.5) is 0 Å². The number of hydrogen-bond donors (Lipinski definition) is 0. The summed E-state index contributed by atoms with van der Waals surface area (Å²) in [6.07, 6.45) is 2.67. The molecule has 0 bridgehead atoms. The third-order valence-electron chi connectivity index (χ3n) is 5.85. The van der Waals surface area contributed by atoms with Crippen LogP contribution in [0.5, 0.6) is 0 Å². The minimum absolute atomic E-state index is 0.725. The van der Waals surface area contributed by atoms with Crippen molar-refractivity contribution in [3.8, 4) is 0 Å². The van der Waals surface area contributed by atoms with Crippen molar-refractivity contribution in [3.05, 3.63) is 114 Å². The molecule has 0 aliphatic heterocycles. The van der Waals surface area contributed by atoms with Crippen molar-refractivity contribution in [1.29, 1.82) is 0 Å². The summed E-state index contributed by atoms with van der Waals surface area (Å²) < 4.78 is 2.25. The molecule has 0 amide bonds. The molecule has 0 saturated carbocycles. The van der Waals surface area contributed by atoms with E-state index in [-0.39, 0.29) is 0 Å². The fraction of sp³-hybridized carbons (Fsp3) is 0.0800. The van der Waals surface area contributed by atoms with E-state index in [1.807, 2.05) is 6.20 Å². The van der Waals surface area contributed by atoms with Gasteiger partial charge in [0, 0.05) is 0 Å². The van der Waals surface area contributed by atoms with E-state index in [1.165, 1.54) is 21.6 Å². The second kappa shape index (κ2) is 7.35. The number of aryl methyl sites for hydroxylation is 1. The number of rotatable bonds is 5. The van der Waals surface area contributed by atoms with Crippen molar-refractivity contribution in [1.82, 2.24) is 9.38 Å². The molecule has 2 heterocycles. The molecule has 0 spiro atoms. The number of aromatic nitrogens is 2. The molecule has 0 saturated heterocycles. The van der Waals surface area contributed by atoms with Crippen LogP contribution in [-0.4, -0.2) is 9.38 Å². The van der Waals surface area contributed by atoms with E-state index in [2.05, 4.69) is 113 Å². The predicted octanol–water partition coefficient (Wildman–Crippen LogP) is 5.89. The molecular formula is C25H22ClN2PS. The first kappa shape index (κ1) is 19.5. The Balaban J connectivity index is 1.89. The summed E-state index contributed by atoms with van der Waals surface area (Å²) in [5.41, 5.74) is 1.20. The summed E-state index contributed by atoms with van der Waals surface area (Å²) in [6, 6.07) is 31.9. The number of benzene rings is 3. The second-order valence-corrected chi connectivity index (χ2v) is 14.9. The molecule has 2 nitrogen and oxygen atoms in total. The van der Waals surface area contributed by atoms with Crippen molar-refractivity contribution >= 4 is 49.3 Å². The first-order valence-corrected chi connectivity index (χ1v) is 14.1. The van der Waals surface area contributed by atoms with E-state index in [4.69, 9.17) is 11.2 Å². The molecule has 3 aromatic carbocycles. The van der Waals surface area contributed by atoms with Crippen LogP contribution in [-0.2, 0) is 6.16 Å². The maximum absolute atomic E-state index is 8.19. The van der Waals surface area contributed by atoms with Gasteiger partial charge in [0.2, 0.25) is 0 Å². The number of halogens is 1. The molecule has 0 radical (unpaired) electrons. The summed E-state index contributed by atoms with van der Waals surface area (Å²) >= 11 is 9.91. The van der Waals surface area contributed by atoms with Gasteiger partial charge in [0.25, 0.3) is 0 Å². The van der Waals surface area contributed by atoms with Crippen molar-refractivity contribution in [2.75, 3.05) is 0 Å². The van der Waals surface area contributed by atoms with Crippen LogP contribution in [0.2, 0.25) is 0 Å². The molecule has 0 fully saturated rings. The van der Waals surface area contributed by atoms with Gasteiger partial charge in [0.1, 0.15) is 0 Å². The minimum atomic E-state index is -3.33. The zero-order valence-corrected chi connectivity index (χ0v) is 19.1. The third-order valence-corrected chi connectivity index (χ3v) is 13.9. The Morgan fingerprint density at radius 3 is 1.73 bits per heavy atom. The summed E-state index contributed by atoms with van der Waals surface area (Å²) in [7, 11) is 0. The van der Waals surface area contributed by atoms with Crippen molar-refractivity contribution < 1.29 is 0 Å². The SMILES string of the molecule is Cc1ncc2scc(CP(Cl)(c3ccccc3)(c3ccccc3)c3ccccc3)n12. The van der Waals surface area contributed by atoms with Gasteiger partial charge in [-0.25, -0.2) is 0 Å². The Kier molecular flexibility index (Phi) is 4.78. The second-order valence-electron chi connectivity index (χ2n) is 7.55. The van der Waals surface area contributed by atoms with Gasteiger partial charge >= 0.3 is 186 Å². The molecule has 0 unspecified atom stereocenters. The van der Waals surface area contributed by atoms with E-state index >= 15 is 0 Å². The van der Waals surface area contributed by atoms with Gasteiger partial charge in [0.15, 0.2) is 0 Å². The van der Waals surface area contributed by atoms with Crippen LogP contribution in [0.25, 0.3) is 4.83 Å². The van der Waals surface area contributed by atoms with Crippen molar-refractivity contribution in [2.45, 2.75) is 13.1 Å². The normalized spacial score (nSPS) is 13.2. The van der Waals surface area contributed by atoms with Crippen LogP contribution in [0.15, 0.2) is 103 Å². The molecular weight excluding hydrogens is 427 g/mol. The average Bonchev–Trinajstić information content (AvgIpc) is 3.38. The monoisotopic (exact) mass is 448 g/mol. The fourth-order valence-electron chi connectivity index (χ4n) is 4.39. The number of thiazole rings is 1. The summed E-state index contributed by atoms with van der Waals surface area (Å²) in [5.74, 6) is -2.33. The third kappa shape index (κ3) is 2.85. The Labute approximate surface area is 185 Å². The Hall–Kier alpha value is -2.45. The first-order chi connectivity index (χ1) is 14.6. The number of hydrogen-bond acceptors (Lipinski definition) is 2. The van der Waals surface area contributed by atoms with E-state index in [9.17, 15) is 0 Å². The van der Waals surface area contributed by atoms with Gasteiger partial charge in [0.05, 0.1) is 0 Å². The topological polar surface area (TPSA) is 17.3 Å². The molecule has 5 heteroatoms. The summed E-state index contributed by atoms with van der Waals surface area (Å²) in [5, 5.41) is 5.78. The van der Waals surface area contributed by atoms with Crippen LogP contribution in [0.3, 0.4) is 0 Å². The maximum atomic E-state index is 8.19. The summed E-state index contributed by atoms with van der Waals surface area (Å²) in [6.45, 7) is 2.06. The molecule has 5 rings (SSSR count). The molecule has 0 atom stereocenters. The predicted molar refractivity (Wildman–Crippen MR) is 133 cm³/mol. The zero-order valence-electron chi connectivity index (χ0n) is 16.6. The van der Waals surface area contributed by atoms with E-state index in [0.29, 0.717) is 0 Å². The Morgan fingerprint density at radius 2 is 1.27 bits per heavy atom. The standard InChI is InChI=1S/C25H22ClN2PS/c1-20-27-17-25-28(20)21(19-30-25)18-29(26,22-11-5-2-6-12-22,23-13-7-3-8-14-23)24-15-9-4-10-16-24/h2-17,19H,18H2,1H3. The van der Waals surface area contributed by atoms with Gasteiger partial charge in [-0.15, -0.1) is 0 Å². The molecule has 0 aliphatic carbocycles. The molecule has 0 aliphatic rings. The molecule has 0 N–H and O–H groups in total. The first-order valence-electron chi connectivity index (χ1n) is 9.91.